The first-order valence-corrected chi connectivity index (χ1v) is 5.11. The van der Waals surface area contributed by atoms with E-state index < -0.39 is 0 Å². The predicted octanol–water partition coefficient (Wildman–Crippen LogP) is 2.02. The molecule has 0 aliphatic carbocycles. The van der Waals surface area contributed by atoms with Crippen LogP contribution in [0.3, 0.4) is 0 Å². The summed E-state index contributed by atoms with van der Waals surface area (Å²) in [7, 11) is 0. The monoisotopic (exact) mass is 187 g/mol. The van der Waals surface area contributed by atoms with Crippen LogP contribution in [0.2, 0.25) is 0 Å². The second-order valence-corrected chi connectivity index (χ2v) is 3.69. The number of aromatic nitrogens is 2. The van der Waals surface area contributed by atoms with Gasteiger partial charge in [-0.2, -0.15) is 0 Å². The Morgan fingerprint density at radius 3 is 3.29 bits per heavy atom. The maximum atomic E-state index is 4.55. The number of aryl methyl sites for hydroxylation is 1. The van der Waals surface area contributed by atoms with Crippen molar-refractivity contribution in [1.82, 2.24) is 9.55 Å². The normalized spacial score (nSPS) is 14.4. The van der Waals surface area contributed by atoms with Gasteiger partial charge in [-0.15, -0.1) is 0 Å². The largest absolute Gasteiger partial charge is 0.354 e. The van der Waals surface area contributed by atoms with Crippen molar-refractivity contribution >= 4 is 17.0 Å². The summed E-state index contributed by atoms with van der Waals surface area (Å²) in [6, 6.07) is 6.55. The number of anilines is 1. The van der Waals surface area contributed by atoms with Crippen molar-refractivity contribution in [2.75, 3.05) is 11.9 Å². The molecule has 3 rings (SSSR count). The van der Waals surface area contributed by atoms with E-state index >= 15 is 0 Å². The lowest BCUT2D eigenvalue weighted by Crippen LogP contribution is -1.95. The molecule has 0 spiro atoms. The molecule has 72 valence electrons. The first kappa shape index (κ1) is 7.85. The summed E-state index contributed by atoms with van der Waals surface area (Å²) in [5.41, 5.74) is 3.73. The van der Waals surface area contributed by atoms with Crippen LogP contribution in [0.25, 0.3) is 11.0 Å². The standard InChI is InChI=1S/C11H13N3/c1-2-8-3-4-10-9(7-8)13-11-12-5-6-14(10)11/h3-4,7H,2,5-6H2,1H3,(H,12,13). The molecule has 0 radical (unpaired) electrons. The Morgan fingerprint density at radius 1 is 1.50 bits per heavy atom. The molecule has 3 nitrogen and oxygen atoms in total. The minimum absolute atomic E-state index is 1.01. The highest BCUT2D eigenvalue weighted by Gasteiger charge is 2.14. The second-order valence-electron chi connectivity index (χ2n) is 3.69. The van der Waals surface area contributed by atoms with Gasteiger partial charge in [0.05, 0.1) is 11.0 Å². The summed E-state index contributed by atoms with van der Waals surface area (Å²) in [6.07, 6.45) is 1.07. The van der Waals surface area contributed by atoms with Crippen LogP contribution in [0.5, 0.6) is 0 Å². The fourth-order valence-electron chi connectivity index (χ4n) is 2.04. The summed E-state index contributed by atoms with van der Waals surface area (Å²) < 4.78 is 2.24. The third-order valence-electron chi connectivity index (χ3n) is 2.84. The van der Waals surface area contributed by atoms with Crippen molar-refractivity contribution in [1.29, 1.82) is 0 Å². The Morgan fingerprint density at radius 2 is 2.43 bits per heavy atom. The van der Waals surface area contributed by atoms with Crippen LogP contribution >= 0.6 is 0 Å². The van der Waals surface area contributed by atoms with Crippen LogP contribution in [0.4, 0.5) is 5.95 Å². The summed E-state index contributed by atoms with van der Waals surface area (Å²) in [5.74, 6) is 1.02. The van der Waals surface area contributed by atoms with Gasteiger partial charge in [0.25, 0.3) is 0 Å². The van der Waals surface area contributed by atoms with E-state index in [2.05, 4.69) is 40.0 Å². The van der Waals surface area contributed by atoms with Gasteiger partial charge < -0.3 is 9.88 Å². The molecule has 1 aliphatic heterocycles. The van der Waals surface area contributed by atoms with E-state index in [0.29, 0.717) is 0 Å². The smallest absolute Gasteiger partial charge is 0.204 e. The number of rotatable bonds is 1. The zero-order valence-corrected chi connectivity index (χ0v) is 8.25. The van der Waals surface area contributed by atoms with Crippen molar-refractivity contribution in [2.45, 2.75) is 19.9 Å². The number of fused-ring (bicyclic) bond motifs is 3. The Bertz CT molecular complexity index is 484. The van der Waals surface area contributed by atoms with Gasteiger partial charge in [-0.3, -0.25) is 0 Å². The highest BCUT2D eigenvalue weighted by molar-refractivity contribution is 5.80. The van der Waals surface area contributed by atoms with Gasteiger partial charge in [0.1, 0.15) is 0 Å². The molecule has 0 bridgehead atoms. The quantitative estimate of drug-likeness (QED) is 0.740. The summed E-state index contributed by atoms with van der Waals surface area (Å²) >= 11 is 0. The maximum absolute atomic E-state index is 4.55. The predicted molar refractivity (Wildman–Crippen MR) is 57.6 cm³/mol. The van der Waals surface area contributed by atoms with Gasteiger partial charge >= 0.3 is 0 Å². The van der Waals surface area contributed by atoms with Gasteiger partial charge in [0.15, 0.2) is 0 Å². The van der Waals surface area contributed by atoms with Crippen LogP contribution in [-0.2, 0) is 13.0 Å². The molecule has 0 saturated heterocycles. The van der Waals surface area contributed by atoms with Gasteiger partial charge in [0.2, 0.25) is 5.95 Å². The van der Waals surface area contributed by atoms with Gasteiger partial charge in [-0.05, 0) is 24.1 Å². The highest BCUT2D eigenvalue weighted by atomic mass is 15.3. The third-order valence-corrected chi connectivity index (χ3v) is 2.84. The van der Waals surface area contributed by atoms with E-state index in [1.165, 1.54) is 11.1 Å². The van der Waals surface area contributed by atoms with E-state index in [-0.39, 0.29) is 0 Å². The molecule has 2 heterocycles. The summed E-state index contributed by atoms with van der Waals surface area (Å²) in [5, 5.41) is 3.28. The average molecular weight is 187 g/mol. The molecule has 1 aromatic heterocycles. The van der Waals surface area contributed by atoms with E-state index in [9.17, 15) is 0 Å². The zero-order valence-electron chi connectivity index (χ0n) is 8.25. The lowest BCUT2D eigenvalue weighted by atomic mass is 10.1. The minimum atomic E-state index is 1.01. The molecule has 14 heavy (non-hydrogen) atoms. The number of hydrogen-bond donors (Lipinski definition) is 1. The molecule has 1 aromatic carbocycles. The van der Waals surface area contributed by atoms with E-state index in [1.807, 2.05) is 0 Å². The molecule has 0 atom stereocenters. The fraction of sp³-hybridized carbons (Fsp3) is 0.364. The van der Waals surface area contributed by atoms with E-state index in [4.69, 9.17) is 0 Å². The van der Waals surface area contributed by atoms with Crippen LogP contribution in [-0.4, -0.2) is 16.1 Å². The number of nitrogens with zero attached hydrogens (tertiary/aromatic N) is 2. The third kappa shape index (κ3) is 0.953. The second kappa shape index (κ2) is 2.74. The SMILES string of the molecule is CCc1ccc2c(c1)nc1n2CCN1. The molecule has 3 heteroatoms. The Kier molecular flexibility index (Phi) is 1.54. The topological polar surface area (TPSA) is 29.9 Å². The van der Waals surface area contributed by atoms with Gasteiger partial charge in [0, 0.05) is 13.1 Å². The Balaban J connectivity index is 2.27. The minimum Gasteiger partial charge on any atom is -0.354 e. The number of benzene rings is 1. The molecular formula is C11H13N3. The molecule has 0 fully saturated rings. The molecule has 1 aliphatic rings. The summed E-state index contributed by atoms with van der Waals surface area (Å²) in [4.78, 5) is 4.55. The Labute approximate surface area is 82.8 Å². The zero-order chi connectivity index (χ0) is 9.54. The van der Waals surface area contributed by atoms with Crippen LogP contribution < -0.4 is 5.32 Å². The molecule has 0 unspecified atom stereocenters. The first-order valence-electron chi connectivity index (χ1n) is 5.11. The van der Waals surface area contributed by atoms with Crippen LogP contribution in [0.15, 0.2) is 18.2 Å². The van der Waals surface area contributed by atoms with Crippen molar-refractivity contribution in [2.24, 2.45) is 0 Å². The molecule has 0 amide bonds. The van der Waals surface area contributed by atoms with Crippen molar-refractivity contribution < 1.29 is 0 Å². The van der Waals surface area contributed by atoms with Crippen molar-refractivity contribution in [3.63, 3.8) is 0 Å². The highest BCUT2D eigenvalue weighted by Crippen LogP contribution is 2.23. The number of imidazole rings is 1. The average Bonchev–Trinajstić information content (AvgIpc) is 2.75. The lowest BCUT2D eigenvalue weighted by Gasteiger charge is -1.98. The van der Waals surface area contributed by atoms with Crippen molar-refractivity contribution in [3.8, 4) is 0 Å². The van der Waals surface area contributed by atoms with E-state index in [1.54, 1.807) is 0 Å². The first-order chi connectivity index (χ1) is 6.88. The fourth-order valence-corrected chi connectivity index (χ4v) is 2.04. The number of hydrogen-bond acceptors (Lipinski definition) is 2. The molecule has 1 N–H and O–H groups in total. The molecular weight excluding hydrogens is 174 g/mol. The van der Waals surface area contributed by atoms with Crippen LogP contribution in [0, 0.1) is 0 Å². The Hall–Kier alpha value is -1.51. The van der Waals surface area contributed by atoms with Crippen LogP contribution in [0.1, 0.15) is 12.5 Å². The molecule has 2 aromatic rings. The summed E-state index contributed by atoms with van der Waals surface area (Å²) in [6.45, 7) is 4.22. The van der Waals surface area contributed by atoms with Crippen molar-refractivity contribution in [3.05, 3.63) is 23.8 Å². The molecule has 0 saturated carbocycles. The number of nitrogens with one attached hydrogen (secondary N) is 1. The van der Waals surface area contributed by atoms with E-state index in [0.717, 1.165) is 31.0 Å². The lowest BCUT2D eigenvalue weighted by molar-refractivity contribution is 0.837. The van der Waals surface area contributed by atoms with Gasteiger partial charge in [-0.25, -0.2) is 4.98 Å². The maximum Gasteiger partial charge on any atom is 0.204 e. The van der Waals surface area contributed by atoms with Gasteiger partial charge in [-0.1, -0.05) is 13.0 Å².